The molecule has 1 aliphatic heterocycles. The van der Waals surface area contributed by atoms with Gasteiger partial charge in [0.15, 0.2) is 5.78 Å². The average molecular weight is 646 g/mol. The largest absolute Gasteiger partial charge is 0.326 e. The van der Waals surface area contributed by atoms with Gasteiger partial charge in [0.05, 0.1) is 10.6 Å². The number of carbonyl (C=O) groups is 2. The lowest BCUT2D eigenvalue weighted by atomic mass is 9.90. The monoisotopic (exact) mass is 645 g/mol. The van der Waals surface area contributed by atoms with E-state index in [1.807, 2.05) is 30.3 Å². The van der Waals surface area contributed by atoms with Crippen LogP contribution >= 0.6 is 11.6 Å². The third kappa shape index (κ3) is 6.89. The first-order valence-corrected chi connectivity index (χ1v) is 16.5. The van der Waals surface area contributed by atoms with E-state index in [1.165, 1.54) is 21.4 Å². The molecule has 6 rings (SSSR count). The summed E-state index contributed by atoms with van der Waals surface area (Å²) in [7, 11) is -3.59. The molecule has 0 spiro atoms. The predicted molar refractivity (Wildman–Crippen MR) is 170 cm³/mol. The number of nitrogens with one attached hydrogen (secondary N) is 1. The fourth-order valence-corrected chi connectivity index (χ4v) is 7.78. The molecule has 0 radical (unpaired) electrons. The van der Waals surface area contributed by atoms with Gasteiger partial charge in [-0.1, -0.05) is 48.0 Å². The number of aromatic nitrogens is 4. The molecule has 11 nitrogen and oxygen atoms in total. The van der Waals surface area contributed by atoms with Crippen molar-refractivity contribution in [1.82, 2.24) is 29.4 Å². The molecular weight excluding hydrogens is 614 g/mol. The van der Waals surface area contributed by atoms with Gasteiger partial charge in [0, 0.05) is 60.3 Å². The van der Waals surface area contributed by atoms with Gasteiger partial charge in [0.1, 0.15) is 6.33 Å². The summed E-state index contributed by atoms with van der Waals surface area (Å²) >= 11 is 6.26. The maximum atomic E-state index is 13.8. The molecular formula is C32H32ClN7O4S. The van der Waals surface area contributed by atoms with E-state index in [-0.39, 0.29) is 22.6 Å². The highest BCUT2D eigenvalue weighted by Gasteiger charge is 2.44. The number of amides is 1. The Labute approximate surface area is 266 Å². The van der Waals surface area contributed by atoms with Crippen LogP contribution in [0.4, 0.5) is 5.69 Å². The summed E-state index contributed by atoms with van der Waals surface area (Å²) in [6.07, 6.45) is 5.61. The zero-order valence-electron chi connectivity index (χ0n) is 24.3. The lowest BCUT2D eigenvalue weighted by Gasteiger charge is -2.37. The Bertz CT molecular complexity index is 1780. The Morgan fingerprint density at radius 1 is 0.889 bits per heavy atom. The zero-order chi connectivity index (χ0) is 31.4. The number of para-hydroxylation sites is 1. The lowest BCUT2D eigenvalue weighted by molar-refractivity contribution is -0.127. The molecule has 1 N–H and O–H groups in total. The Morgan fingerprint density at radius 3 is 2.27 bits per heavy atom. The van der Waals surface area contributed by atoms with Gasteiger partial charge >= 0.3 is 0 Å². The second-order valence-electron chi connectivity index (χ2n) is 11.1. The van der Waals surface area contributed by atoms with Crippen LogP contribution in [-0.4, -0.2) is 81.7 Å². The molecule has 1 amide bonds. The van der Waals surface area contributed by atoms with Crippen molar-refractivity contribution in [3.8, 4) is 5.69 Å². The minimum atomic E-state index is -3.59. The van der Waals surface area contributed by atoms with E-state index in [9.17, 15) is 18.0 Å². The second kappa shape index (κ2) is 13.4. The Hall–Kier alpha value is -4.23. The van der Waals surface area contributed by atoms with E-state index >= 15 is 0 Å². The second-order valence-corrected chi connectivity index (χ2v) is 13.5. The molecule has 232 valence electrons. The molecule has 3 atom stereocenters. The lowest BCUT2D eigenvalue weighted by Crippen LogP contribution is -2.51. The summed E-state index contributed by atoms with van der Waals surface area (Å²) in [6.45, 7) is 1.69. The van der Waals surface area contributed by atoms with E-state index in [4.69, 9.17) is 11.6 Å². The van der Waals surface area contributed by atoms with Crippen molar-refractivity contribution in [3.63, 3.8) is 0 Å². The van der Waals surface area contributed by atoms with Crippen LogP contribution in [0.25, 0.3) is 11.8 Å². The topological polar surface area (TPSA) is 130 Å². The number of benzene rings is 3. The molecule has 1 aromatic heterocycles. The van der Waals surface area contributed by atoms with Crippen LogP contribution in [0.2, 0.25) is 5.02 Å². The van der Waals surface area contributed by atoms with Crippen LogP contribution in [-0.2, 0) is 19.6 Å². The number of rotatable bonds is 9. The van der Waals surface area contributed by atoms with Crippen LogP contribution in [0.5, 0.6) is 0 Å². The predicted octanol–water partition coefficient (Wildman–Crippen LogP) is 3.94. The van der Waals surface area contributed by atoms with Crippen LogP contribution in [0.1, 0.15) is 18.4 Å². The number of hydrogen-bond acceptors (Lipinski definition) is 8. The van der Waals surface area contributed by atoms with Crippen LogP contribution in [0.15, 0.2) is 96.2 Å². The maximum absolute atomic E-state index is 13.8. The molecule has 1 aliphatic carbocycles. The van der Waals surface area contributed by atoms with Crippen molar-refractivity contribution >= 4 is 45.1 Å². The van der Waals surface area contributed by atoms with Crippen LogP contribution in [0, 0.1) is 11.8 Å². The summed E-state index contributed by atoms with van der Waals surface area (Å²) in [4.78, 5) is 29.9. The number of tetrazole rings is 1. The van der Waals surface area contributed by atoms with Crippen LogP contribution in [0.3, 0.4) is 0 Å². The standard InChI is InChI=1S/C32H32ClN7O4S/c33-24-12-13-30(40-22-34-36-37-40)23(19-24)11-14-31(41)28-20-26(21-29(28)32(42)35-25-7-3-1-4-8-25)38-15-17-39(18-16-38)45(43,44)27-9-5-2-6-10-27/h1-14,19,22,26,28-29H,15-18,20-21H2,(H,35,42)/b14-11+/t26-,28?,29-/m1/s1. The van der Waals surface area contributed by atoms with Gasteiger partial charge in [-0.25, -0.2) is 8.42 Å². The highest BCUT2D eigenvalue weighted by atomic mass is 35.5. The minimum absolute atomic E-state index is 0.0524. The Morgan fingerprint density at radius 2 is 1.58 bits per heavy atom. The number of hydrogen-bond donors (Lipinski definition) is 1. The van der Waals surface area contributed by atoms with Crippen molar-refractivity contribution in [1.29, 1.82) is 0 Å². The van der Waals surface area contributed by atoms with E-state index in [2.05, 4.69) is 25.7 Å². The Kier molecular flexibility index (Phi) is 9.17. The molecule has 2 heterocycles. The molecule has 13 heteroatoms. The molecule has 3 aromatic carbocycles. The number of sulfonamides is 1. The first kappa shape index (κ1) is 30.8. The number of carbonyl (C=O) groups excluding carboxylic acids is 2. The van der Waals surface area contributed by atoms with Gasteiger partial charge < -0.3 is 5.32 Å². The Balaban J connectivity index is 1.20. The van der Waals surface area contributed by atoms with E-state index in [1.54, 1.807) is 54.6 Å². The summed E-state index contributed by atoms with van der Waals surface area (Å²) in [6, 6.07) is 22.8. The fourth-order valence-electron chi connectivity index (χ4n) is 6.16. The third-order valence-corrected chi connectivity index (χ3v) is 10.6. The summed E-state index contributed by atoms with van der Waals surface area (Å²) in [5.74, 6) is -1.50. The minimum Gasteiger partial charge on any atom is -0.326 e. The molecule has 2 aliphatic rings. The van der Waals surface area contributed by atoms with Gasteiger partial charge in [-0.05, 0) is 77.9 Å². The molecule has 1 saturated heterocycles. The summed E-state index contributed by atoms with van der Waals surface area (Å²) < 4.78 is 29.3. The first-order chi connectivity index (χ1) is 21.8. The number of anilines is 1. The highest BCUT2D eigenvalue weighted by Crippen LogP contribution is 2.38. The average Bonchev–Trinajstić information content (AvgIpc) is 3.76. The van der Waals surface area contributed by atoms with E-state index in [0.717, 1.165) is 0 Å². The quantitative estimate of drug-likeness (QED) is 0.271. The molecule has 45 heavy (non-hydrogen) atoms. The SMILES string of the molecule is O=C(/C=C/c1cc(Cl)ccc1-n1cnnn1)C1C[C@@H](N2CCN(S(=O)(=O)c3ccccc3)CC2)C[C@H]1C(=O)Nc1ccccc1. The number of halogens is 1. The summed E-state index contributed by atoms with van der Waals surface area (Å²) in [5, 5.41) is 14.8. The van der Waals surface area contributed by atoms with Gasteiger partial charge in [0.25, 0.3) is 0 Å². The van der Waals surface area contributed by atoms with Crippen molar-refractivity contribution < 1.29 is 18.0 Å². The maximum Gasteiger partial charge on any atom is 0.243 e. The van der Waals surface area contributed by atoms with Crippen molar-refractivity contribution in [2.24, 2.45) is 11.8 Å². The first-order valence-electron chi connectivity index (χ1n) is 14.7. The van der Waals surface area contributed by atoms with Gasteiger partial charge in [-0.2, -0.15) is 8.99 Å². The van der Waals surface area contributed by atoms with Crippen molar-refractivity contribution in [2.45, 2.75) is 23.8 Å². The zero-order valence-corrected chi connectivity index (χ0v) is 25.9. The van der Waals surface area contributed by atoms with Crippen molar-refractivity contribution in [2.75, 3.05) is 31.5 Å². The molecule has 1 saturated carbocycles. The third-order valence-electron chi connectivity index (χ3n) is 8.46. The molecule has 4 aromatic rings. The summed E-state index contributed by atoms with van der Waals surface area (Å²) in [5.41, 5.74) is 1.97. The van der Waals surface area contributed by atoms with E-state index < -0.39 is 21.9 Å². The normalized spacial score (nSPS) is 21.2. The van der Waals surface area contributed by atoms with Crippen molar-refractivity contribution in [3.05, 3.63) is 102 Å². The number of piperazine rings is 1. The number of nitrogens with zero attached hydrogens (tertiary/aromatic N) is 6. The van der Waals surface area contributed by atoms with Crippen LogP contribution < -0.4 is 5.32 Å². The number of ketones is 1. The van der Waals surface area contributed by atoms with Gasteiger partial charge in [0.2, 0.25) is 15.9 Å². The smallest absolute Gasteiger partial charge is 0.243 e. The molecule has 0 bridgehead atoms. The van der Waals surface area contributed by atoms with Gasteiger partial charge in [-0.15, -0.1) is 5.10 Å². The molecule has 1 unspecified atom stereocenters. The molecule has 2 fully saturated rings. The number of allylic oxidation sites excluding steroid dienone is 1. The van der Waals surface area contributed by atoms with E-state index in [0.29, 0.717) is 61.0 Å². The van der Waals surface area contributed by atoms with Gasteiger partial charge in [-0.3, -0.25) is 14.5 Å². The highest BCUT2D eigenvalue weighted by molar-refractivity contribution is 7.89. The fraction of sp³-hybridized carbons (Fsp3) is 0.281.